The fourth-order valence-corrected chi connectivity index (χ4v) is 5.03. The number of fused-ring (bicyclic) bond motifs is 1. The number of allylic oxidation sites excluding steroid dienone is 1. The van der Waals surface area contributed by atoms with E-state index in [1.165, 1.54) is 17.8 Å². The van der Waals surface area contributed by atoms with Crippen molar-refractivity contribution in [2.45, 2.75) is 32.9 Å². The molecular weight excluding hydrogens is 453 g/mol. The molecule has 0 N–H and O–H groups in total. The lowest BCUT2D eigenvalue weighted by Crippen LogP contribution is -2.38. The number of thioether (sulfide) groups is 1. The van der Waals surface area contributed by atoms with Crippen molar-refractivity contribution < 1.29 is 18.7 Å². The number of hydrogen-bond acceptors (Lipinski definition) is 6. The number of esters is 1. The maximum Gasteiger partial charge on any atom is 0.338 e. The Morgan fingerprint density at radius 1 is 1.15 bits per heavy atom. The molecule has 1 unspecified atom stereocenters. The quantitative estimate of drug-likeness (QED) is 0.523. The first-order valence-corrected chi connectivity index (χ1v) is 11.9. The molecule has 2 aliphatic rings. The molecule has 0 spiro atoms. The third kappa shape index (κ3) is 4.77. The van der Waals surface area contributed by atoms with Gasteiger partial charge in [-0.3, -0.25) is 4.79 Å². The van der Waals surface area contributed by atoms with Crippen molar-refractivity contribution in [1.82, 2.24) is 9.80 Å². The highest BCUT2D eigenvalue weighted by Crippen LogP contribution is 2.45. The molecule has 0 bridgehead atoms. The summed E-state index contributed by atoms with van der Waals surface area (Å²) in [6.45, 7) is 4.12. The van der Waals surface area contributed by atoms with Gasteiger partial charge in [-0.25, -0.2) is 14.2 Å². The first kappa shape index (κ1) is 23.8. The third-order valence-electron chi connectivity index (χ3n) is 5.72. The smallest absolute Gasteiger partial charge is 0.338 e. The van der Waals surface area contributed by atoms with Crippen LogP contribution in [0.1, 0.15) is 37.4 Å². The van der Waals surface area contributed by atoms with Crippen molar-refractivity contribution in [2.24, 2.45) is 4.99 Å². The van der Waals surface area contributed by atoms with Crippen molar-refractivity contribution in [1.29, 1.82) is 0 Å². The summed E-state index contributed by atoms with van der Waals surface area (Å²) in [7, 11) is 1.76. The summed E-state index contributed by atoms with van der Waals surface area (Å²) in [6, 6.07) is 15.3. The zero-order valence-corrected chi connectivity index (χ0v) is 20.1. The van der Waals surface area contributed by atoms with Crippen molar-refractivity contribution >= 4 is 28.8 Å². The first-order valence-electron chi connectivity index (χ1n) is 11.0. The standard InChI is InChI=1S/C26H26FN3O3S/c1-4-33-25(32)23-17(2)28-26-30(24(23)20-12-8-9-13-21(20)27)19(16-34-26)14-22(31)29(3)15-18-10-6-5-7-11-18/h5-13,16,24H,4,14-15H2,1-3H3. The number of benzene rings is 2. The molecule has 0 radical (unpaired) electrons. The normalized spacial score (nSPS) is 17.2. The van der Waals surface area contributed by atoms with Crippen LogP contribution in [0.4, 0.5) is 4.39 Å². The fraction of sp³-hybridized carbons (Fsp3) is 0.269. The highest BCUT2D eigenvalue weighted by molar-refractivity contribution is 8.16. The van der Waals surface area contributed by atoms with Gasteiger partial charge >= 0.3 is 5.97 Å². The minimum absolute atomic E-state index is 0.0896. The molecule has 8 heteroatoms. The number of hydrogen-bond donors (Lipinski definition) is 0. The van der Waals surface area contributed by atoms with Gasteiger partial charge in [0.15, 0.2) is 5.17 Å². The van der Waals surface area contributed by atoms with E-state index in [-0.39, 0.29) is 24.5 Å². The number of rotatable bonds is 7. The van der Waals surface area contributed by atoms with E-state index in [0.717, 1.165) is 5.56 Å². The fourth-order valence-electron chi connectivity index (χ4n) is 4.07. The SMILES string of the molecule is CCOC(=O)C1=C(C)N=C2SC=C(CC(=O)N(C)Cc3ccccc3)N2C1c1ccccc1F. The van der Waals surface area contributed by atoms with Crippen LogP contribution in [0.15, 0.2) is 82.0 Å². The van der Waals surface area contributed by atoms with Gasteiger partial charge in [-0.1, -0.05) is 60.3 Å². The van der Waals surface area contributed by atoms with Gasteiger partial charge in [-0.05, 0) is 30.9 Å². The summed E-state index contributed by atoms with van der Waals surface area (Å²) >= 11 is 1.36. The minimum atomic E-state index is -0.777. The Morgan fingerprint density at radius 2 is 1.85 bits per heavy atom. The molecule has 0 saturated heterocycles. The van der Waals surface area contributed by atoms with E-state index < -0.39 is 17.8 Å². The van der Waals surface area contributed by atoms with Gasteiger partial charge in [0, 0.05) is 24.9 Å². The Bertz CT molecular complexity index is 1190. The molecule has 2 aliphatic heterocycles. The third-order valence-corrected chi connectivity index (χ3v) is 6.61. The van der Waals surface area contributed by atoms with Crippen LogP contribution < -0.4 is 0 Å². The Balaban J connectivity index is 1.65. The first-order chi connectivity index (χ1) is 16.4. The van der Waals surface area contributed by atoms with Crippen molar-refractivity contribution in [3.8, 4) is 0 Å². The van der Waals surface area contributed by atoms with Gasteiger partial charge in [-0.15, -0.1) is 0 Å². The van der Waals surface area contributed by atoms with Gasteiger partial charge in [0.05, 0.1) is 30.3 Å². The number of carbonyl (C=O) groups is 2. The van der Waals surface area contributed by atoms with E-state index in [0.29, 0.717) is 28.7 Å². The van der Waals surface area contributed by atoms with E-state index in [4.69, 9.17) is 4.74 Å². The lowest BCUT2D eigenvalue weighted by Gasteiger charge is -2.36. The van der Waals surface area contributed by atoms with Crippen molar-refractivity contribution in [3.05, 3.63) is 93.9 Å². The molecule has 0 fully saturated rings. The highest BCUT2D eigenvalue weighted by Gasteiger charge is 2.42. The largest absolute Gasteiger partial charge is 0.463 e. The number of amidine groups is 1. The Hall–Kier alpha value is -3.39. The summed E-state index contributed by atoms with van der Waals surface area (Å²) in [5.41, 5.74) is 2.77. The van der Waals surface area contributed by atoms with Gasteiger partial charge in [0.1, 0.15) is 5.82 Å². The molecule has 0 aliphatic carbocycles. The maximum atomic E-state index is 15.0. The summed E-state index contributed by atoms with van der Waals surface area (Å²) in [6.07, 6.45) is 0.0927. The predicted octanol–water partition coefficient (Wildman–Crippen LogP) is 5.01. The monoisotopic (exact) mass is 479 g/mol. The zero-order valence-electron chi connectivity index (χ0n) is 19.3. The molecule has 2 aromatic rings. The zero-order chi connectivity index (χ0) is 24.2. The number of amides is 1. The maximum absolute atomic E-state index is 15.0. The van der Waals surface area contributed by atoms with Crippen molar-refractivity contribution in [3.63, 3.8) is 0 Å². The van der Waals surface area contributed by atoms with E-state index in [9.17, 15) is 14.0 Å². The van der Waals surface area contributed by atoms with Crippen LogP contribution in [0.5, 0.6) is 0 Å². The molecule has 4 rings (SSSR count). The number of halogens is 1. The second-order valence-electron chi connectivity index (χ2n) is 8.05. The van der Waals surface area contributed by atoms with Crippen LogP contribution in [0.25, 0.3) is 0 Å². The molecule has 0 saturated carbocycles. The van der Waals surface area contributed by atoms with Crippen LogP contribution >= 0.6 is 11.8 Å². The predicted molar refractivity (Wildman–Crippen MR) is 131 cm³/mol. The molecule has 2 aromatic carbocycles. The molecule has 1 atom stereocenters. The van der Waals surface area contributed by atoms with Gasteiger partial charge < -0.3 is 14.5 Å². The Kier molecular flexibility index (Phi) is 7.17. The van der Waals surface area contributed by atoms with Gasteiger partial charge in [0.25, 0.3) is 0 Å². The number of carbonyl (C=O) groups excluding carboxylic acids is 2. The second kappa shape index (κ2) is 10.3. The summed E-state index contributed by atoms with van der Waals surface area (Å²) in [5, 5.41) is 2.45. The molecule has 176 valence electrons. The molecule has 0 aromatic heterocycles. The number of ether oxygens (including phenoxy) is 1. The van der Waals surface area contributed by atoms with Crippen LogP contribution in [0, 0.1) is 5.82 Å². The molecular formula is C26H26FN3O3S. The Labute approximate surface area is 202 Å². The van der Waals surface area contributed by atoms with Crippen LogP contribution in [-0.2, 0) is 20.9 Å². The summed E-state index contributed by atoms with van der Waals surface area (Å²) in [5.74, 6) is -1.07. The molecule has 1 amide bonds. The molecule has 2 heterocycles. The van der Waals surface area contributed by atoms with Gasteiger partial charge in [-0.2, -0.15) is 0 Å². The Morgan fingerprint density at radius 3 is 2.56 bits per heavy atom. The molecule has 34 heavy (non-hydrogen) atoms. The van der Waals surface area contributed by atoms with Crippen LogP contribution in [0.2, 0.25) is 0 Å². The molecule has 6 nitrogen and oxygen atoms in total. The summed E-state index contributed by atoms with van der Waals surface area (Å²) < 4.78 is 20.3. The second-order valence-corrected chi connectivity index (χ2v) is 8.88. The number of nitrogens with zero attached hydrogens (tertiary/aromatic N) is 3. The van der Waals surface area contributed by atoms with E-state index in [2.05, 4.69) is 4.99 Å². The van der Waals surface area contributed by atoms with Crippen LogP contribution in [-0.4, -0.2) is 40.5 Å². The van der Waals surface area contributed by atoms with Gasteiger partial charge in [0.2, 0.25) is 5.91 Å². The minimum Gasteiger partial charge on any atom is -0.463 e. The van der Waals surface area contributed by atoms with Crippen molar-refractivity contribution in [2.75, 3.05) is 13.7 Å². The lowest BCUT2D eigenvalue weighted by molar-refractivity contribution is -0.139. The highest BCUT2D eigenvalue weighted by atomic mass is 32.2. The lowest BCUT2D eigenvalue weighted by atomic mass is 9.93. The average molecular weight is 480 g/mol. The number of aliphatic imine (C=N–C) groups is 1. The van der Waals surface area contributed by atoms with E-state index in [1.807, 2.05) is 35.7 Å². The van der Waals surface area contributed by atoms with E-state index >= 15 is 0 Å². The van der Waals surface area contributed by atoms with Crippen LogP contribution in [0.3, 0.4) is 0 Å². The average Bonchev–Trinajstić information content (AvgIpc) is 3.21. The van der Waals surface area contributed by atoms with E-state index in [1.54, 1.807) is 48.9 Å². The summed E-state index contributed by atoms with van der Waals surface area (Å²) in [4.78, 5) is 34.1. The topological polar surface area (TPSA) is 62.2 Å².